The smallest absolute Gasteiger partial charge is 0.0876 e. The number of rotatable bonds is 5. The summed E-state index contributed by atoms with van der Waals surface area (Å²) in [6.07, 6.45) is 5.65. The second kappa shape index (κ2) is 5.78. The van der Waals surface area contributed by atoms with Crippen molar-refractivity contribution in [2.75, 3.05) is 7.05 Å². The Balaban J connectivity index is 2.50. The van der Waals surface area contributed by atoms with Gasteiger partial charge in [0.05, 0.1) is 17.6 Å². The summed E-state index contributed by atoms with van der Waals surface area (Å²) in [5.41, 5.74) is 4.65. The lowest BCUT2D eigenvalue weighted by Crippen LogP contribution is -2.11. The first-order valence-corrected chi connectivity index (χ1v) is 6.45. The molecule has 0 fully saturated rings. The van der Waals surface area contributed by atoms with E-state index in [1.807, 2.05) is 30.2 Å². The van der Waals surface area contributed by atoms with Crippen LogP contribution in [0.2, 0.25) is 0 Å². The van der Waals surface area contributed by atoms with Gasteiger partial charge in [-0.2, -0.15) is 5.10 Å². The van der Waals surface area contributed by atoms with Gasteiger partial charge in [0.25, 0.3) is 0 Å². The minimum atomic E-state index is 0.822. The highest BCUT2D eigenvalue weighted by atomic mass is 15.3. The van der Waals surface area contributed by atoms with E-state index in [4.69, 9.17) is 0 Å². The molecule has 4 heteroatoms. The number of aryl methyl sites for hydroxylation is 2. The van der Waals surface area contributed by atoms with E-state index in [0.717, 1.165) is 30.8 Å². The summed E-state index contributed by atoms with van der Waals surface area (Å²) in [7, 11) is 1.95. The Bertz CT molecular complexity index is 516. The van der Waals surface area contributed by atoms with Gasteiger partial charge in [-0.25, -0.2) is 4.68 Å². The van der Waals surface area contributed by atoms with Gasteiger partial charge in [-0.1, -0.05) is 13.8 Å². The summed E-state index contributed by atoms with van der Waals surface area (Å²) in [5.74, 6) is 0. The fourth-order valence-electron chi connectivity index (χ4n) is 2.05. The van der Waals surface area contributed by atoms with Gasteiger partial charge in [0.1, 0.15) is 0 Å². The van der Waals surface area contributed by atoms with Gasteiger partial charge in [0.2, 0.25) is 0 Å². The molecule has 2 aromatic heterocycles. The van der Waals surface area contributed by atoms with Crippen LogP contribution in [0.1, 0.15) is 30.8 Å². The minimum Gasteiger partial charge on any atom is -0.316 e. The van der Waals surface area contributed by atoms with Crippen LogP contribution in [-0.2, 0) is 19.4 Å². The molecular weight excluding hydrogens is 224 g/mol. The maximum absolute atomic E-state index is 4.66. The number of hydrogen-bond donors (Lipinski definition) is 1. The van der Waals surface area contributed by atoms with Gasteiger partial charge < -0.3 is 5.32 Å². The third kappa shape index (κ3) is 2.43. The van der Waals surface area contributed by atoms with Gasteiger partial charge in [-0.15, -0.1) is 0 Å². The van der Waals surface area contributed by atoms with E-state index in [-0.39, 0.29) is 0 Å². The molecule has 0 atom stereocenters. The molecule has 0 spiro atoms. The Morgan fingerprint density at radius 3 is 2.78 bits per heavy atom. The Hall–Kier alpha value is -1.68. The van der Waals surface area contributed by atoms with Gasteiger partial charge in [-0.05, 0) is 37.6 Å². The highest BCUT2D eigenvalue weighted by Crippen LogP contribution is 2.17. The summed E-state index contributed by atoms with van der Waals surface area (Å²) in [6, 6.07) is 4.22. The average molecular weight is 244 g/mol. The van der Waals surface area contributed by atoms with Crippen molar-refractivity contribution >= 4 is 0 Å². The van der Waals surface area contributed by atoms with Crippen molar-refractivity contribution in [3.05, 3.63) is 41.5 Å². The monoisotopic (exact) mass is 244 g/mol. The summed E-state index contributed by atoms with van der Waals surface area (Å²) < 4.78 is 2.03. The zero-order chi connectivity index (χ0) is 13.0. The molecule has 0 aromatic carbocycles. The maximum Gasteiger partial charge on any atom is 0.0876 e. The molecule has 0 radical (unpaired) electrons. The molecule has 96 valence electrons. The summed E-state index contributed by atoms with van der Waals surface area (Å²) in [6.45, 7) is 5.10. The third-order valence-corrected chi connectivity index (χ3v) is 3.04. The molecule has 0 amide bonds. The van der Waals surface area contributed by atoms with Gasteiger partial charge in [-0.3, -0.25) is 4.98 Å². The summed E-state index contributed by atoms with van der Waals surface area (Å²) >= 11 is 0. The molecular formula is C14H20N4. The fraction of sp³-hybridized carbons (Fsp3) is 0.429. The van der Waals surface area contributed by atoms with Crippen LogP contribution in [0.15, 0.2) is 24.5 Å². The molecule has 0 saturated carbocycles. The van der Waals surface area contributed by atoms with Crippen molar-refractivity contribution in [3.63, 3.8) is 0 Å². The van der Waals surface area contributed by atoms with E-state index in [9.17, 15) is 0 Å². The standard InChI is InChI=1S/C14H20N4/c1-4-12-8-13(5-2)18(17-12)14-10-16-7-6-11(14)9-15-3/h6-8,10,15H,4-5,9H2,1-3H3. The molecule has 2 rings (SSSR count). The maximum atomic E-state index is 4.66. The molecule has 4 nitrogen and oxygen atoms in total. The minimum absolute atomic E-state index is 0.822. The van der Waals surface area contributed by atoms with Gasteiger partial charge in [0.15, 0.2) is 0 Å². The predicted octanol–water partition coefficient (Wildman–Crippen LogP) is 2.11. The number of nitrogens with zero attached hydrogens (tertiary/aromatic N) is 3. The summed E-state index contributed by atoms with van der Waals surface area (Å²) in [5, 5.41) is 7.85. The Morgan fingerprint density at radius 1 is 1.28 bits per heavy atom. The Labute approximate surface area is 108 Å². The normalized spacial score (nSPS) is 10.8. The molecule has 0 unspecified atom stereocenters. The Kier molecular flexibility index (Phi) is 4.10. The lowest BCUT2D eigenvalue weighted by molar-refractivity contribution is 0.753. The lowest BCUT2D eigenvalue weighted by Gasteiger charge is -2.10. The molecule has 2 heterocycles. The summed E-state index contributed by atoms with van der Waals surface area (Å²) in [4.78, 5) is 4.23. The second-order valence-electron chi connectivity index (χ2n) is 4.28. The molecule has 0 aliphatic heterocycles. The first kappa shape index (κ1) is 12.8. The Morgan fingerprint density at radius 2 is 2.11 bits per heavy atom. The van der Waals surface area contributed by atoms with Crippen molar-refractivity contribution in [3.8, 4) is 5.69 Å². The van der Waals surface area contributed by atoms with E-state index >= 15 is 0 Å². The van der Waals surface area contributed by atoms with Crippen molar-refractivity contribution in [2.24, 2.45) is 0 Å². The van der Waals surface area contributed by atoms with Crippen LogP contribution >= 0.6 is 0 Å². The highest BCUT2D eigenvalue weighted by molar-refractivity contribution is 5.39. The van der Waals surface area contributed by atoms with Crippen LogP contribution in [0.3, 0.4) is 0 Å². The van der Waals surface area contributed by atoms with Crippen molar-refractivity contribution < 1.29 is 0 Å². The first-order chi connectivity index (χ1) is 8.80. The zero-order valence-electron chi connectivity index (χ0n) is 11.3. The predicted molar refractivity (Wildman–Crippen MR) is 72.9 cm³/mol. The number of nitrogens with one attached hydrogen (secondary N) is 1. The zero-order valence-corrected chi connectivity index (χ0v) is 11.3. The van der Waals surface area contributed by atoms with Crippen LogP contribution in [0.5, 0.6) is 0 Å². The molecule has 18 heavy (non-hydrogen) atoms. The molecule has 0 aliphatic rings. The van der Waals surface area contributed by atoms with Crippen molar-refractivity contribution in [2.45, 2.75) is 33.2 Å². The van der Waals surface area contributed by atoms with E-state index in [1.54, 1.807) is 0 Å². The lowest BCUT2D eigenvalue weighted by atomic mass is 10.2. The van der Waals surface area contributed by atoms with Crippen molar-refractivity contribution in [1.29, 1.82) is 0 Å². The average Bonchev–Trinajstić information content (AvgIpc) is 2.83. The van der Waals surface area contributed by atoms with E-state index in [1.165, 1.54) is 11.3 Å². The quantitative estimate of drug-likeness (QED) is 0.876. The molecule has 2 aromatic rings. The number of aromatic nitrogens is 3. The molecule has 0 saturated heterocycles. The van der Waals surface area contributed by atoms with Crippen LogP contribution in [-0.4, -0.2) is 21.8 Å². The number of hydrogen-bond acceptors (Lipinski definition) is 3. The first-order valence-electron chi connectivity index (χ1n) is 6.45. The fourth-order valence-corrected chi connectivity index (χ4v) is 2.05. The SMILES string of the molecule is CCc1cc(CC)n(-c2cnccc2CNC)n1. The molecule has 0 aliphatic carbocycles. The van der Waals surface area contributed by atoms with E-state index in [2.05, 4.69) is 35.3 Å². The van der Waals surface area contributed by atoms with Gasteiger partial charge in [0, 0.05) is 18.4 Å². The van der Waals surface area contributed by atoms with E-state index < -0.39 is 0 Å². The largest absolute Gasteiger partial charge is 0.316 e. The molecule has 1 N–H and O–H groups in total. The van der Waals surface area contributed by atoms with Crippen LogP contribution in [0.25, 0.3) is 5.69 Å². The third-order valence-electron chi connectivity index (χ3n) is 3.04. The molecule has 0 bridgehead atoms. The van der Waals surface area contributed by atoms with Gasteiger partial charge >= 0.3 is 0 Å². The van der Waals surface area contributed by atoms with E-state index in [0.29, 0.717) is 0 Å². The number of pyridine rings is 1. The van der Waals surface area contributed by atoms with Crippen molar-refractivity contribution in [1.82, 2.24) is 20.1 Å². The topological polar surface area (TPSA) is 42.7 Å². The second-order valence-corrected chi connectivity index (χ2v) is 4.28. The highest BCUT2D eigenvalue weighted by Gasteiger charge is 2.10. The van der Waals surface area contributed by atoms with Crippen LogP contribution in [0.4, 0.5) is 0 Å². The van der Waals surface area contributed by atoms with Crippen LogP contribution < -0.4 is 5.32 Å². The van der Waals surface area contributed by atoms with Crippen LogP contribution in [0, 0.1) is 0 Å².